The van der Waals surface area contributed by atoms with Gasteiger partial charge in [0, 0.05) is 11.9 Å². The van der Waals surface area contributed by atoms with Gasteiger partial charge in [0.1, 0.15) is 0 Å². The molecule has 0 aliphatic heterocycles. The molecule has 0 spiro atoms. The van der Waals surface area contributed by atoms with Crippen molar-refractivity contribution in [3.05, 3.63) is 35.4 Å². The molecular formula is C14H20ClNO. The Morgan fingerprint density at radius 1 is 1.35 bits per heavy atom. The van der Waals surface area contributed by atoms with Crippen LogP contribution in [0.1, 0.15) is 30.9 Å². The molecule has 3 heteroatoms. The van der Waals surface area contributed by atoms with Gasteiger partial charge < -0.3 is 5.32 Å². The fourth-order valence-corrected chi connectivity index (χ4v) is 1.83. The van der Waals surface area contributed by atoms with E-state index in [0.717, 1.165) is 18.4 Å². The van der Waals surface area contributed by atoms with Gasteiger partial charge in [0.15, 0.2) is 0 Å². The number of amides is 1. The summed E-state index contributed by atoms with van der Waals surface area (Å²) in [5.74, 6) is 0.731. The topological polar surface area (TPSA) is 29.1 Å². The number of hydrogen-bond donors (Lipinski definition) is 1. The molecule has 17 heavy (non-hydrogen) atoms. The average Bonchev–Trinajstić information content (AvgIpc) is 2.29. The standard InChI is InChI=1S/C14H20ClNO/c1-11-5-7-13(8-6-11)10-14(17)16-12(2)4-3-9-15/h5-8,12H,3-4,9-10H2,1-2H3,(H,16,17). The van der Waals surface area contributed by atoms with Gasteiger partial charge in [0.05, 0.1) is 6.42 Å². The molecule has 0 radical (unpaired) electrons. The maximum Gasteiger partial charge on any atom is 0.224 e. The van der Waals surface area contributed by atoms with Crippen LogP contribution in [0.25, 0.3) is 0 Å². The van der Waals surface area contributed by atoms with Crippen LogP contribution < -0.4 is 5.32 Å². The molecule has 1 N–H and O–H groups in total. The minimum absolute atomic E-state index is 0.0796. The van der Waals surface area contributed by atoms with Crippen molar-refractivity contribution < 1.29 is 4.79 Å². The summed E-state index contributed by atoms with van der Waals surface area (Å²) in [4.78, 5) is 11.7. The summed E-state index contributed by atoms with van der Waals surface area (Å²) in [6, 6.07) is 8.25. The summed E-state index contributed by atoms with van der Waals surface area (Å²) in [7, 11) is 0. The molecule has 0 fully saturated rings. The number of halogens is 1. The second-order valence-electron chi connectivity index (χ2n) is 4.46. The Morgan fingerprint density at radius 3 is 2.59 bits per heavy atom. The fraction of sp³-hybridized carbons (Fsp3) is 0.500. The van der Waals surface area contributed by atoms with Crippen molar-refractivity contribution in [1.82, 2.24) is 5.32 Å². The lowest BCUT2D eigenvalue weighted by Crippen LogP contribution is -2.33. The minimum atomic E-state index is 0.0796. The Balaban J connectivity index is 2.36. The van der Waals surface area contributed by atoms with Crippen molar-refractivity contribution in [2.75, 3.05) is 5.88 Å². The van der Waals surface area contributed by atoms with Crippen LogP contribution in [-0.2, 0) is 11.2 Å². The van der Waals surface area contributed by atoms with E-state index < -0.39 is 0 Å². The van der Waals surface area contributed by atoms with Gasteiger partial charge >= 0.3 is 0 Å². The summed E-state index contributed by atoms with van der Waals surface area (Å²) < 4.78 is 0. The lowest BCUT2D eigenvalue weighted by molar-refractivity contribution is -0.121. The monoisotopic (exact) mass is 253 g/mol. The van der Waals surface area contributed by atoms with Gasteiger partial charge in [0.2, 0.25) is 5.91 Å². The lowest BCUT2D eigenvalue weighted by atomic mass is 10.1. The molecule has 1 rings (SSSR count). The van der Waals surface area contributed by atoms with E-state index in [9.17, 15) is 4.79 Å². The zero-order valence-electron chi connectivity index (χ0n) is 10.5. The molecule has 0 saturated carbocycles. The van der Waals surface area contributed by atoms with Gasteiger partial charge in [-0.25, -0.2) is 0 Å². The maximum atomic E-state index is 11.7. The van der Waals surface area contributed by atoms with E-state index in [0.29, 0.717) is 12.3 Å². The first-order chi connectivity index (χ1) is 8.11. The highest BCUT2D eigenvalue weighted by Gasteiger charge is 2.07. The third-order valence-corrected chi connectivity index (χ3v) is 2.93. The minimum Gasteiger partial charge on any atom is -0.353 e. The Bertz CT molecular complexity index is 348. The molecule has 1 atom stereocenters. The predicted molar refractivity (Wildman–Crippen MR) is 72.4 cm³/mol. The zero-order chi connectivity index (χ0) is 12.7. The number of alkyl halides is 1. The van der Waals surface area contributed by atoms with Gasteiger partial charge in [-0.2, -0.15) is 0 Å². The summed E-state index contributed by atoms with van der Waals surface area (Å²) in [6.07, 6.45) is 2.32. The number of carbonyl (C=O) groups is 1. The van der Waals surface area contributed by atoms with Crippen LogP contribution in [0.5, 0.6) is 0 Å². The largest absolute Gasteiger partial charge is 0.353 e. The SMILES string of the molecule is Cc1ccc(CC(=O)NC(C)CCCCl)cc1. The predicted octanol–water partition coefficient (Wildman–Crippen LogP) is 3.06. The third kappa shape index (κ3) is 5.73. The molecule has 0 saturated heterocycles. The van der Waals surface area contributed by atoms with Gasteiger partial charge in [-0.05, 0) is 32.3 Å². The fourth-order valence-electron chi connectivity index (χ4n) is 1.67. The van der Waals surface area contributed by atoms with Crippen molar-refractivity contribution in [1.29, 1.82) is 0 Å². The number of carbonyl (C=O) groups excluding carboxylic acids is 1. The zero-order valence-corrected chi connectivity index (χ0v) is 11.3. The van der Waals surface area contributed by atoms with Crippen molar-refractivity contribution in [3.8, 4) is 0 Å². The number of aryl methyl sites for hydroxylation is 1. The number of benzene rings is 1. The first-order valence-electron chi connectivity index (χ1n) is 6.02. The van der Waals surface area contributed by atoms with Crippen molar-refractivity contribution in [2.24, 2.45) is 0 Å². The molecular weight excluding hydrogens is 234 g/mol. The molecule has 0 heterocycles. The van der Waals surface area contributed by atoms with Crippen LogP contribution in [0.3, 0.4) is 0 Å². The van der Waals surface area contributed by atoms with Crippen LogP contribution in [-0.4, -0.2) is 17.8 Å². The van der Waals surface area contributed by atoms with Crippen LogP contribution in [0, 0.1) is 6.92 Å². The third-order valence-electron chi connectivity index (χ3n) is 2.66. The van der Waals surface area contributed by atoms with Crippen molar-refractivity contribution in [3.63, 3.8) is 0 Å². The molecule has 0 aliphatic rings. The van der Waals surface area contributed by atoms with Crippen molar-refractivity contribution in [2.45, 2.75) is 39.2 Å². The molecule has 1 aromatic rings. The molecule has 0 aromatic heterocycles. The molecule has 1 amide bonds. The van der Waals surface area contributed by atoms with E-state index in [2.05, 4.69) is 5.32 Å². The lowest BCUT2D eigenvalue weighted by Gasteiger charge is -2.13. The van der Waals surface area contributed by atoms with Gasteiger partial charge in [-0.1, -0.05) is 29.8 Å². The Morgan fingerprint density at radius 2 is 2.00 bits per heavy atom. The van der Waals surface area contributed by atoms with Crippen LogP contribution in [0.4, 0.5) is 0 Å². The van der Waals surface area contributed by atoms with E-state index >= 15 is 0 Å². The second kappa shape index (κ2) is 7.33. The van der Waals surface area contributed by atoms with E-state index in [1.165, 1.54) is 5.56 Å². The summed E-state index contributed by atoms with van der Waals surface area (Å²) >= 11 is 5.61. The number of rotatable bonds is 6. The van der Waals surface area contributed by atoms with Crippen LogP contribution in [0.15, 0.2) is 24.3 Å². The van der Waals surface area contributed by atoms with Crippen molar-refractivity contribution >= 4 is 17.5 Å². The number of nitrogens with one attached hydrogen (secondary N) is 1. The molecule has 1 unspecified atom stereocenters. The second-order valence-corrected chi connectivity index (χ2v) is 4.84. The van der Waals surface area contributed by atoms with E-state index in [4.69, 9.17) is 11.6 Å². The summed E-state index contributed by atoms with van der Waals surface area (Å²) in [5.41, 5.74) is 2.27. The van der Waals surface area contributed by atoms with E-state index in [-0.39, 0.29) is 11.9 Å². The molecule has 2 nitrogen and oxygen atoms in total. The first kappa shape index (κ1) is 14.0. The molecule has 0 aliphatic carbocycles. The Labute approximate surface area is 108 Å². The normalized spacial score (nSPS) is 12.2. The highest BCUT2D eigenvalue weighted by molar-refractivity contribution is 6.17. The number of hydrogen-bond acceptors (Lipinski definition) is 1. The molecule has 94 valence electrons. The van der Waals surface area contributed by atoms with Crippen LogP contribution in [0.2, 0.25) is 0 Å². The summed E-state index contributed by atoms with van der Waals surface area (Å²) in [5, 5.41) is 2.98. The molecule has 0 bridgehead atoms. The van der Waals surface area contributed by atoms with E-state index in [1.54, 1.807) is 0 Å². The van der Waals surface area contributed by atoms with Gasteiger partial charge in [0.25, 0.3) is 0 Å². The maximum absolute atomic E-state index is 11.7. The highest BCUT2D eigenvalue weighted by atomic mass is 35.5. The Kier molecular flexibility index (Phi) is 6.06. The van der Waals surface area contributed by atoms with Crippen LogP contribution >= 0.6 is 11.6 Å². The van der Waals surface area contributed by atoms with Gasteiger partial charge in [-0.3, -0.25) is 4.79 Å². The quantitative estimate of drug-likeness (QED) is 0.776. The van der Waals surface area contributed by atoms with E-state index in [1.807, 2.05) is 38.1 Å². The smallest absolute Gasteiger partial charge is 0.224 e. The molecule has 1 aromatic carbocycles. The first-order valence-corrected chi connectivity index (χ1v) is 6.56. The average molecular weight is 254 g/mol. The van der Waals surface area contributed by atoms with Gasteiger partial charge in [-0.15, -0.1) is 11.6 Å². The highest BCUT2D eigenvalue weighted by Crippen LogP contribution is 2.04. The summed E-state index contributed by atoms with van der Waals surface area (Å²) in [6.45, 7) is 4.05. The Hall–Kier alpha value is -1.02.